The van der Waals surface area contributed by atoms with Crippen LogP contribution in [0.25, 0.3) is 0 Å². The number of likely N-dealkylation sites (N-methyl/N-ethyl adjacent to an activating group) is 1. The summed E-state index contributed by atoms with van der Waals surface area (Å²) < 4.78 is 16.3. The monoisotopic (exact) mass is 429 g/mol. The highest BCUT2D eigenvalue weighted by Crippen LogP contribution is 2.29. The quantitative estimate of drug-likeness (QED) is 0.568. The fourth-order valence-electron chi connectivity index (χ4n) is 3.10. The SMILES string of the molecule is CCOc1ccc(CN(CC)CC(=O)Nc2cc(NC(C)=O)ccc2OC)cc1OC. The zero-order valence-corrected chi connectivity index (χ0v) is 18.8. The summed E-state index contributed by atoms with van der Waals surface area (Å²) in [4.78, 5) is 26.0. The van der Waals surface area contributed by atoms with E-state index in [2.05, 4.69) is 10.6 Å². The molecule has 31 heavy (non-hydrogen) atoms. The van der Waals surface area contributed by atoms with Crippen molar-refractivity contribution in [2.45, 2.75) is 27.3 Å². The summed E-state index contributed by atoms with van der Waals surface area (Å²) in [5.41, 5.74) is 2.09. The molecule has 0 spiro atoms. The molecule has 0 atom stereocenters. The molecule has 0 saturated carbocycles. The van der Waals surface area contributed by atoms with Gasteiger partial charge < -0.3 is 24.8 Å². The number of carbonyl (C=O) groups excluding carboxylic acids is 2. The van der Waals surface area contributed by atoms with Crippen molar-refractivity contribution in [3.63, 3.8) is 0 Å². The van der Waals surface area contributed by atoms with E-state index in [1.165, 1.54) is 14.0 Å². The maximum absolute atomic E-state index is 12.7. The Hall–Kier alpha value is -3.26. The molecular weight excluding hydrogens is 398 g/mol. The molecule has 0 aliphatic heterocycles. The summed E-state index contributed by atoms with van der Waals surface area (Å²) in [7, 11) is 3.13. The molecule has 8 heteroatoms. The van der Waals surface area contributed by atoms with Gasteiger partial charge in [0.1, 0.15) is 5.75 Å². The number of nitrogens with zero attached hydrogens (tertiary/aromatic N) is 1. The Kier molecular flexibility index (Phi) is 9.14. The van der Waals surface area contributed by atoms with E-state index in [0.29, 0.717) is 48.3 Å². The highest BCUT2D eigenvalue weighted by atomic mass is 16.5. The maximum Gasteiger partial charge on any atom is 0.238 e. The van der Waals surface area contributed by atoms with E-state index < -0.39 is 0 Å². The topological polar surface area (TPSA) is 89.1 Å². The van der Waals surface area contributed by atoms with Gasteiger partial charge in [0, 0.05) is 19.2 Å². The Morgan fingerprint density at radius 2 is 1.65 bits per heavy atom. The number of amides is 2. The van der Waals surface area contributed by atoms with E-state index in [0.717, 1.165) is 5.56 Å². The average Bonchev–Trinajstić information content (AvgIpc) is 2.74. The molecule has 0 aliphatic rings. The van der Waals surface area contributed by atoms with Gasteiger partial charge in [-0.2, -0.15) is 0 Å². The third kappa shape index (κ3) is 7.18. The summed E-state index contributed by atoms with van der Waals surface area (Å²) >= 11 is 0. The summed E-state index contributed by atoms with van der Waals surface area (Å²) in [6.07, 6.45) is 0. The third-order valence-electron chi connectivity index (χ3n) is 4.54. The largest absolute Gasteiger partial charge is 0.495 e. The van der Waals surface area contributed by atoms with Crippen molar-refractivity contribution in [1.82, 2.24) is 4.90 Å². The maximum atomic E-state index is 12.7. The molecule has 0 saturated heterocycles. The highest BCUT2D eigenvalue weighted by molar-refractivity contribution is 5.95. The fraction of sp³-hybridized carbons (Fsp3) is 0.391. The molecule has 0 heterocycles. The van der Waals surface area contributed by atoms with E-state index >= 15 is 0 Å². The minimum atomic E-state index is -0.189. The van der Waals surface area contributed by atoms with Crippen LogP contribution in [-0.4, -0.2) is 50.6 Å². The predicted octanol–water partition coefficient (Wildman–Crippen LogP) is 3.52. The molecule has 2 rings (SSSR count). The highest BCUT2D eigenvalue weighted by Gasteiger charge is 2.14. The van der Waals surface area contributed by atoms with Gasteiger partial charge in [-0.25, -0.2) is 0 Å². The van der Waals surface area contributed by atoms with Crippen LogP contribution in [0, 0.1) is 0 Å². The second-order valence-corrected chi connectivity index (χ2v) is 6.87. The molecule has 0 fully saturated rings. The van der Waals surface area contributed by atoms with Crippen molar-refractivity contribution in [3.05, 3.63) is 42.0 Å². The van der Waals surface area contributed by atoms with Crippen LogP contribution >= 0.6 is 0 Å². The Morgan fingerprint density at radius 1 is 0.935 bits per heavy atom. The molecule has 2 N–H and O–H groups in total. The first-order chi connectivity index (χ1) is 14.9. The third-order valence-corrected chi connectivity index (χ3v) is 4.54. The first kappa shape index (κ1) is 24.0. The standard InChI is InChI=1S/C23H31N3O5/c1-6-26(14-17-8-10-21(31-7-2)22(12-17)30-5)15-23(28)25-19-13-18(24-16(3)27)9-11-20(19)29-4/h8-13H,6-7,14-15H2,1-5H3,(H,24,27)(H,25,28). The number of ether oxygens (including phenoxy) is 3. The second-order valence-electron chi connectivity index (χ2n) is 6.87. The summed E-state index contributed by atoms with van der Waals surface area (Å²) in [5.74, 6) is 1.50. The Bertz CT molecular complexity index is 901. The van der Waals surface area contributed by atoms with Gasteiger partial charge in [-0.3, -0.25) is 14.5 Å². The zero-order chi connectivity index (χ0) is 22.8. The minimum absolute atomic E-state index is 0.182. The molecule has 8 nitrogen and oxygen atoms in total. The normalized spacial score (nSPS) is 10.5. The van der Waals surface area contributed by atoms with Gasteiger partial charge in [0.25, 0.3) is 0 Å². The van der Waals surface area contributed by atoms with Crippen molar-refractivity contribution in [2.24, 2.45) is 0 Å². The van der Waals surface area contributed by atoms with Crippen LogP contribution in [0.15, 0.2) is 36.4 Å². The Labute approximate surface area is 183 Å². The molecule has 2 aromatic carbocycles. The number of carbonyl (C=O) groups is 2. The van der Waals surface area contributed by atoms with Crippen LogP contribution in [0.1, 0.15) is 26.3 Å². The van der Waals surface area contributed by atoms with Crippen LogP contribution in [0.4, 0.5) is 11.4 Å². The van der Waals surface area contributed by atoms with Crippen LogP contribution in [-0.2, 0) is 16.1 Å². The number of rotatable bonds is 11. The number of benzene rings is 2. The van der Waals surface area contributed by atoms with Gasteiger partial charge in [-0.05, 0) is 49.4 Å². The van der Waals surface area contributed by atoms with Crippen LogP contribution in [0.2, 0.25) is 0 Å². The first-order valence-corrected chi connectivity index (χ1v) is 10.2. The van der Waals surface area contributed by atoms with Crippen molar-refractivity contribution in [2.75, 3.05) is 44.5 Å². The smallest absolute Gasteiger partial charge is 0.238 e. The average molecular weight is 430 g/mol. The number of nitrogens with one attached hydrogen (secondary N) is 2. The minimum Gasteiger partial charge on any atom is -0.495 e. The van der Waals surface area contributed by atoms with E-state index in [1.54, 1.807) is 25.3 Å². The van der Waals surface area contributed by atoms with Crippen molar-refractivity contribution in [1.29, 1.82) is 0 Å². The van der Waals surface area contributed by atoms with E-state index in [4.69, 9.17) is 14.2 Å². The molecule has 2 aromatic rings. The van der Waals surface area contributed by atoms with Gasteiger partial charge in [0.2, 0.25) is 11.8 Å². The van der Waals surface area contributed by atoms with Crippen molar-refractivity contribution < 1.29 is 23.8 Å². The van der Waals surface area contributed by atoms with Crippen molar-refractivity contribution in [3.8, 4) is 17.2 Å². The lowest BCUT2D eigenvalue weighted by atomic mass is 10.2. The molecule has 0 radical (unpaired) electrons. The van der Waals surface area contributed by atoms with Gasteiger partial charge >= 0.3 is 0 Å². The number of methoxy groups -OCH3 is 2. The second kappa shape index (κ2) is 11.8. The van der Waals surface area contributed by atoms with E-state index in [1.807, 2.05) is 36.9 Å². The van der Waals surface area contributed by atoms with Gasteiger partial charge in [-0.15, -0.1) is 0 Å². The number of hydrogen-bond donors (Lipinski definition) is 2. The molecule has 0 aliphatic carbocycles. The Balaban J connectivity index is 2.07. The predicted molar refractivity (Wildman–Crippen MR) is 121 cm³/mol. The molecular formula is C23H31N3O5. The van der Waals surface area contributed by atoms with Gasteiger partial charge in [0.15, 0.2) is 11.5 Å². The van der Waals surface area contributed by atoms with Crippen molar-refractivity contribution >= 4 is 23.2 Å². The lowest BCUT2D eigenvalue weighted by Crippen LogP contribution is -2.32. The Morgan fingerprint density at radius 3 is 2.26 bits per heavy atom. The molecule has 0 unspecified atom stereocenters. The lowest BCUT2D eigenvalue weighted by molar-refractivity contribution is -0.117. The number of anilines is 2. The van der Waals surface area contributed by atoms with E-state index in [-0.39, 0.29) is 18.4 Å². The van der Waals surface area contributed by atoms with Gasteiger partial charge in [-0.1, -0.05) is 13.0 Å². The molecule has 2 amide bonds. The summed E-state index contributed by atoms with van der Waals surface area (Å²) in [6, 6.07) is 10.9. The summed E-state index contributed by atoms with van der Waals surface area (Å²) in [6.45, 7) is 7.37. The van der Waals surface area contributed by atoms with Crippen LogP contribution in [0.3, 0.4) is 0 Å². The molecule has 0 bridgehead atoms. The first-order valence-electron chi connectivity index (χ1n) is 10.2. The fourth-order valence-corrected chi connectivity index (χ4v) is 3.10. The molecule has 0 aromatic heterocycles. The van der Waals surface area contributed by atoms with Crippen LogP contribution in [0.5, 0.6) is 17.2 Å². The van der Waals surface area contributed by atoms with E-state index in [9.17, 15) is 9.59 Å². The zero-order valence-electron chi connectivity index (χ0n) is 18.8. The lowest BCUT2D eigenvalue weighted by Gasteiger charge is -2.21. The van der Waals surface area contributed by atoms with Gasteiger partial charge in [0.05, 0.1) is 33.1 Å². The number of hydrogen-bond acceptors (Lipinski definition) is 6. The molecule has 168 valence electrons. The summed E-state index contributed by atoms with van der Waals surface area (Å²) in [5, 5.41) is 5.57. The van der Waals surface area contributed by atoms with Crippen LogP contribution < -0.4 is 24.8 Å².